The second-order valence-electron chi connectivity index (χ2n) is 5.37. The van der Waals surface area contributed by atoms with Crippen LogP contribution in [-0.4, -0.2) is 20.8 Å². The molecule has 0 aliphatic rings. The van der Waals surface area contributed by atoms with Gasteiger partial charge in [-0.15, -0.1) is 11.8 Å². The van der Waals surface area contributed by atoms with Crippen molar-refractivity contribution in [3.05, 3.63) is 42.0 Å². The third-order valence-corrected chi connectivity index (χ3v) is 4.10. The molecular weight excluding hydrogens is 280 g/mol. The second-order valence-corrected chi connectivity index (χ2v) is 6.42. The van der Waals surface area contributed by atoms with Crippen LogP contribution in [0, 0.1) is 0 Å². The van der Waals surface area contributed by atoms with E-state index in [4.69, 9.17) is 0 Å². The number of thioether (sulfide) groups is 1. The van der Waals surface area contributed by atoms with Crippen molar-refractivity contribution in [2.24, 2.45) is 0 Å². The highest BCUT2D eigenvalue weighted by Gasteiger charge is 2.05. The van der Waals surface area contributed by atoms with Crippen molar-refractivity contribution in [1.82, 2.24) is 20.1 Å². The van der Waals surface area contributed by atoms with Crippen LogP contribution in [0.3, 0.4) is 0 Å². The summed E-state index contributed by atoms with van der Waals surface area (Å²) in [6.07, 6.45) is 2.73. The number of hydrogen-bond acceptors (Lipinski definition) is 4. The number of rotatable bonds is 8. The number of aryl methyl sites for hydroxylation is 1. The Morgan fingerprint density at radius 2 is 2.19 bits per heavy atom. The first-order chi connectivity index (χ1) is 10.2. The van der Waals surface area contributed by atoms with Crippen LogP contribution in [0.25, 0.3) is 0 Å². The zero-order valence-corrected chi connectivity index (χ0v) is 13.9. The van der Waals surface area contributed by atoms with Crippen LogP contribution in [0.2, 0.25) is 0 Å². The van der Waals surface area contributed by atoms with Gasteiger partial charge in [0.1, 0.15) is 12.2 Å². The number of nitrogens with one attached hydrogen (secondary N) is 1. The SMILES string of the molecule is CCCn1ncnc1CSc1cccc(CNC(C)C)c1. The Labute approximate surface area is 131 Å². The highest BCUT2D eigenvalue weighted by Crippen LogP contribution is 2.22. The molecule has 2 aromatic rings. The normalized spacial score (nSPS) is 11.2. The molecular formula is C16H24N4S. The van der Waals surface area contributed by atoms with Gasteiger partial charge in [0.05, 0.1) is 5.75 Å². The van der Waals surface area contributed by atoms with Crippen LogP contribution in [0.1, 0.15) is 38.6 Å². The molecule has 0 unspecified atom stereocenters. The molecule has 0 amide bonds. The Morgan fingerprint density at radius 1 is 1.33 bits per heavy atom. The minimum absolute atomic E-state index is 0.508. The summed E-state index contributed by atoms with van der Waals surface area (Å²) in [5, 5.41) is 7.72. The average molecular weight is 304 g/mol. The molecule has 114 valence electrons. The highest BCUT2D eigenvalue weighted by atomic mass is 32.2. The largest absolute Gasteiger partial charge is 0.310 e. The summed E-state index contributed by atoms with van der Waals surface area (Å²) < 4.78 is 2.00. The van der Waals surface area contributed by atoms with Gasteiger partial charge in [0.25, 0.3) is 0 Å². The van der Waals surface area contributed by atoms with E-state index in [2.05, 4.69) is 60.4 Å². The van der Waals surface area contributed by atoms with Crippen molar-refractivity contribution in [2.75, 3.05) is 0 Å². The Balaban J connectivity index is 1.93. The van der Waals surface area contributed by atoms with Gasteiger partial charge in [-0.05, 0) is 24.1 Å². The molecule has 5 heteroatoms. The average Bonchev–Trinajstić information content (AvgIpc) is 2.91. The molecule has 1 N–H and O–H groups in total. The third-order valence-electron chi connectivity index (χ3n) is 3.11. The van der Waals surface area contributed by atoms with Crippen molar-refractivity contribution >= 4 is 11.8 Å². The first-order valence-electron chi connectivity index (χ1n) is 7.51. The summed E-state index contributed by atoms with van der Waals surface area (Å²) in [5.41, 5.74) is 1.32. The fraction of sp³-hybridized carbons (Fsp3) is 0.500. The minimum Gasteiger partial charge on any atom is -0.310 e. The smallest absolute Gasteiger partial charge is 0.138 e. The molecule has 0 fully saturated rings. The molecule has 0 atom stereocenters. The van der Waals surface area contributed by atoms with Gasteiger partial charge < -0.3 is 5.32 Å². The number of hydrogen-bond donors (Lipinski definition) is 1. The lowest BCUT2D eigenvalue weighted by Crippen LogP contribution is -2.21. The van der Waals surface area contributed by atoms with E-state index in [1.54, 1.807) is 6.33 Å². The van der Waals surface area contributed by atoms with E-state index in [0.29, 0.717) is 6.04 Å². The lowest BCUT2D eigenvalue weighted by Gasteiger charge is -2.09. The highest BCUT2D eigenvalue weighted by molar-refractivity contribution is 7.98. The maximum absolute atomic E-state index is 4.35. The zero-order valence-electron chi connectivity index (χ0n) is 13.0. The zero-order chi connectivity index (χ0) is 15.1. The lowest BCUT2D eigenvalue weighted by atomic mass is 10.2. The van der Waals surface area contributed by atoms with Crippen molar-refractivity contribution in [3.63, 3.8) is 0 Å². The molecule has 2 rings (SSSR count). The van der Waals surface area contributed by atoms with Gasteiger partial charge in [-0.1, -0.05) is 32.9 Å². The van der Waals surface area contributed by atoms with Gasteiger partial charge in [-0.3, -0.25) is 0 Å². The quantitative estimate of drug-likeness (QED) is 0.758. The topological polar surface area (TPSA) is 42.7 Å². The van der Waals surface area contributed by atoms with Crippen molar-refractivity contribution in [3.8, 4) is 0 Å². The van der Waals surface area contributed by atoms with Crippen LogP contribution in [-0.2, 0) is 18.8 Å². The Hall–Kier alpha value is -1.33. The van der Waals surface area contributed by atoms with Crippen LogP contribution >= 0.6 is 11.8 Å². The maximum atomic E-state index is 4.35. The number of nitrogens with zero attached hydrogens (tertiary/aromatic N) is 3. The Bertz CT molecular complexity index is 551. The summed E-state index contributed by atoms with van der Waals surface area (Å²) in [4.78, 5) is 5.63. The summed E-state index contributed by atoms with van der Waals surface area (Å²) >= 11 is 1.82. The molecule has 0 saturated carbocycles. The molecule has 0 aliphatic carbocycles. The van der Waals surface area contributed by atoms with E-state index < -0.39 is 0 Å². The van der Waals surface area contributed by atoms with E-state index in [9.17, 15) is 0 Å². The summed E-state index contributed by atoms with van der Waals surface area (Å²) in [5.74, 6) is 1.91. The first-order valence-corrected chi connectivity index (χ1v) is 8.49. The van der Waals surface area contributed by atoms with E-state index in [1.165, 1.54) is 10.5 Å². The Morgan fingerprint density at radius 3 is 2.95 bits per heavy atom. The van der Waals surface area contributed by atoms with E-state index in [1.807, 2.05) is 16.4 Å². The second kappa shape index (κ2) is 8.20. The van der Waals surface area contributed by atoms with Crippen molar-refractivity contribution < 1.29 is 0 Å². The minimum atomic E-state index is 0.508. The van der Waals surface area contributed by atoms with Crippen molar-refractivity contribution in [1.29, 1.82) is 0 Å². The van der Waals surface area contributed by atoms with Gasteiger partial charge in [0, 0.05) is 24.0 Å². The first kappa shape index (κ1) is 16.0. The third kappa shape index (κ3) is 5.17. The molecule has 1 aromatic heterocycles. The van der Waals surface area contributed by atoms with E-state index in [-0.39, 0.29) is 0 Å². The van der Waals surface area contributed by atoms with Gasteiger partial charge in [-0.25, -0.2) is 9.67 Å². The lowest BCUT2D eigenvalue weighted by molar-refractivity contribution is 0.581. The predicted molar refractivity (Wildman–Crippen MR) is 88.3 cm³/mol. The van der Waals surface area contributed by atoms with Crippen LogP contribution in [0.15, 0.2) is 35.5 Å². The molecule has 21 heavy (non-hydrogen) atoms. The fourth-order valence-electron chi connectivity index (χ4n) is 2.01. The molecule has 1 aromatic carbocycles. The maximum Gasteiger partial charge on any atom is 0.138 e. The van der Waals surface area contributed by atoms with E-state index in [0.717, 1.165) is 31.1 Å². The standard InChI is InChI=1S/C16H24N4S/c1-4-8-20-16(18-12-19-20)11-21-15-7-5-6-14(9-15)10-17-13(2)3/h5-7,9,12-13,17H,4,8,10-11H2,1-3H3. The van der Waals surface area contributed by atoms with Crippen LogP contribution < -0.4 is 5.32 Å². The van der Waals surface area contributed by atoms with E-state index >= 15 is 0 Å². The Kier molecular flexibility index (Phi) is 6.26. The fourth-order valence-corrected chi connectivity index (χ4v) is 2.94. The van der Waals surface area contributed by atoms with Gasteiger partial charge in [-0.2, -0.15) is 5.10 Å². The monoisotopic (exact) mass is 304 g/mol. The summed E-state index contributed by atoms with van der Waals surface area (Å²) in [6, 6.07) is 9.20. The molecule has 0 aliphatic heterocycles. The molecule has 1 heterocycles. The van der Waals surface area contributed by atoms with Gasteiger partial charge in [0.2, 0.25) is 0 Å². The molecule has 0 spiro atoms. The summed E-state index contributed by atoms with van der Waals surface area (Å²) in [6.45, 7) is 8.34. The molecule has 0 bridgehead atoms. The van der Waals surface area contributed by atoms with Crippen LogP contribution in [0.4, 0.5) is 0 Å². The number of aromatic nitrogens is 3. The van der Waals surface area contributed by atoms with Gasteiger partial charge >= 0.3 is 0 Å². The van der Waals surface area contributed by atoms with Crippen molar-refractivity contribution in [2.45, 2.75) is 57.0 Å². The predicted octanol–water partition coefficient (Wildman–Crippen LogP) is 3.48. The van der Waals surface area contributed by atoms with Gasteiger partial charge in [0.15, 0.2) is 0 Å². The summed E-state index contributed by atoms with van der Waals surface area (Å²) in [7, 11) is 0. The molecule has 4 nitrogen and oxygen atoms in total. The number of benzene rings is 1. The molecule has 0 radical (unpaired) electrons. The van der Waals surface area contributed by atoms with Crippen LogP contribution in [0.5, 0.6) is 0 Å². The molecule has 0 saturated heterocycles.